The molecule has 0 heterocycles. The number of benzene rings is 1. The zero-order valence-corrected chi connectivity index (χ0v) is 11.4. The van der Waals surface area contributed by atoms with Gasteiger partial charge in [-0.15, -0.1) is 0 Å². The standard InChI is InChI=1S/C10H11FN2O7S/c1-5(14)9(10(15)16)12-21(19,20)8-4-6(13(17)18)2-3-7(8)11/h2-5,9,12,14H,1H3,(H,15,16). The first-order chi connectivity index (χ1) is 9.56. The van der Waals surface area contributed by atoms with Gasteiger partial charge in [-0.2, -0.15) is 4.72 Å². The summed E-state index contributed by atoms with van der Waals surface area (Å²) in [5.41, 5.74) is -0.680. The zero-order valence-electron chi connectivity index (χ0n) is 10.6. The Bertz CT molecular complexity index is 674. The molecule has 0 aliphatic carbocycles. The second-order valence-electron chi connectivity index (χ2n) is 4.05. The van der Waals surface area contributed by atoms with Crippen LogP contribution in [0.3, 0.4) is 0 Å². The van der Waals surface area contributed by atoms with E-state index in [1.807, 2.05) is 0 Å². The number of hydrogen-bond donors (Lipinski definition) is 3. The molecule has 1 aromatic rings. The zero-order chi connectivity index (χ0) is 16.4. The van der Waals surface area contributed by atoms with Gasteiger partial charge in [0.2, 0.25) is 10.0 Å². The predicted octanol–water partition coefficient (Wildman–Crippen LogP) is -0.154. The van der Waals surface area contributed by atoms with Crippen LogP contribution in [0.5, 0.6) is 0 Å². The highest BCUT2D eigenvalue weighted by Gasteiger charge is 2.31. The largest absolute Gasteiger partial charge is 0.480 e. The van der Waals surface area contributed by atoms with Gasteiger partial charge < -0.3 is 10.2 Å². The van der Waals surface area contributed by atoms with Crippen LogP contribution in [0.4, 0.5) is 10.1 Å². The van der Waals surface area contributed by atoms with Crippen molar-refractivity contribution in [1.82, 2.24) is 4.72 Å². The number of aliphatic hydroxyl groups is 1. The highest BCUT2D eigenvalue weighted by Crippen LogP contribution is 2.21. The summed E-state index contributed by atoms with van der Waals surface area (Å²) in [4.78, 5) is 19.4. The fourth-order valence-corrected chi connectivity index (χ4v) is 2.76. The third-order valence-electron chi connectivity index (χ3n) is 2.45. The van der Waals surface area contributed by atoms with Gasteiger partial charge in [0.25, 0.3) is 5.69 Å². The van der Waals surface area contributed by atoms with Crippen LogP contribution in [0.15, 0.2) is 23.1 Å². The van der Waals surface area contributed by atoms with Crippen LogP contribution in [0.25, 0.3) is 0 Å². The third-order valence-corrected chi connectivity index (χ3v) is 3.90. The van der Waals surface area contributed by atoms with Crippen molar-refractivity contribution >= 4 is 21.7 Å². The van der Waals surface area contributed by atoms with Crippen LogP contribution >= 0.6 is 0 Å². The van der Waals surface area contributed by atoms with Crippen LogP contribution in [0.1, 0.15) is 6.92 Å². The van der Waals surface area contributed by atoms with E-state index in [0.717, 1.165) is 13.0 Å². The minimum absolute atomic E-state index is 0.457. The summed E-state index contributed by atoms with van der Waals surface area (Å²) in [5, 5.41) is 28.5. The lowest BCUT2D eigenvalue weighted by Gasteiger charge is -2.17. The minimum atomic E-state index is -4.71. The van der Waals surface area contributed by atoms with Gasteiger partial charge in [0, 0.05) is 12.1 Å². The van der Waals surface area contributed by atoms with E-state index >= 15 is 0 Å². The van der Waals surface area contributed by atoms with E-state index in [-0.39, 0.29) is 0 Å². The number of nitro benzene ring substituents is 1. The van der Waals surface area contributed by atoms with Gasteiger partial charge in [-0.05, 0) is 13.0 Å². The van der Waals surface area contributed by atoms with Crippen LogP contribution in [0, 0.1) is 15.9 Å². The minimum Gasteiger partial charge on any atom is -0.480 e. The molecule has 2 atom stereocenters. The number of nitro groups is 1. The Labute approximate surface area is 118 Å². The first-order valence-electron chi connectivity index (χ1n) is 5.43. The van der Waals surface area contributed by atoms with Crippen molar-refractivity contribution in [2.24, 2.45) is 0 Å². The smallest absolute Gasteiger partial charge is 0.324 e. The normalized spacial score (nSPS) is 14.4. The number of non-ortho nitro benzene ring substituents is 1. The van der Waals surface area contributed by atoms with Crippen molar-refractivity contribution in [3.05, 3.63) is 34.1 Å². The lowest BCUT2D eigenvalue weighted by atomic mass is 10.2. The van der Waals surface area contributed by atoms with Gasteiger partial charge in [0.05, 0.1) is 11.0 Å². The molecule has 11 heteroatoms. The molecule has 0 radical (unpaired) electrons. The molecule has 0 fully saturated rings. The van der Waals surface area contributed by atoms with E-state index in [9.17, 15) is 32.8 Å². The van der Waals surface area contributed by atoms with E-state index in [2.05, 4.69) is 0 Å². The Morgan fingerprint density at radius 3 is 2.48 bits per heavy atom. The number of nitrogens with zero attached hydrogens (tertiary/aromatic N) is 1. The molecule has 1 aromatic carbocycles. The van der Waals surface area contributed by atoms with Crippen LogP contribution in [0.2, 0.25) is 0 Å². The van der Waals surface area contributed by atoms with E-state index < -0.39 is 49.5 Å². The summed E-state index contributed by atoms with van der Waals surface area (Å²) < 4.78 is 38.9. The Hall–Kier alpha value is -2.11. The molecule has 2 unspecified atom stereocenters. The number of nitrogens with one attached hydrogen (secondary N) is 1. The monoisotopic (exact) mass is 322 g/mol. The van der Waals surface area contributed by atoms with Gasteiger partial charge in [-0.3, -0.25) is 14.9 Å². The number of hydrogen-bond acceptors (Lipinski definition) is 6. The van der Waals surface area contributed by atoms with Crippen LogP contribution in [-0.2, 0) is 14.8 Å². The second-order valence-corrected chi connectivity index (χ2v) is 5.73. The van der Waals surface area contributed by atoms with Gasteiger partial charge in [-0.1, -0.05) is 0 Å². The second kappa shape index (κ2) is 6.11. The average Bonchev–Trinajstić information content (AvgIpc) is 2.35. The predicted molar refractivity (Wildman–Crippen MR) is 66.5 cm³/mol. The van der Waals surface area contributed by atoms with Crippen LogP contribution in [-0.4, -0.2) is 41.7 Å². The first kappa shape index (κ1) is 16.9. The highest BCUT2D eigenvalue weighted by molar-refractivity contribution is 7.89. The van der Waals surface area contributed by atoms with Crippen molar-refractivity contribution < 1.29 is 32.7 Å². The Morgan fingerprint density at radius 2 is 2.05 bits per heavy atom. The molecule has 9 nitrogen and oxygen atoms in total. The van der Waals surface area contributed by atoms with Crippen molar-refractivity contribution in [3.63, 3.8) is 0 Å². The molecule has 0 aliphatic rings. The molecule has 0 spiro atoms. The molecule has 1 rings (SSSR count). The van der Waals surface area contributed by atoms with E-state index in [1.54, 1.807) is 4.72 Å². The lowest BCUT2D eigenvalue weighted by Crippen LogP contribution is -2.47. The van der Waals surface area contributed by atoms with Gasteiger partial charge in [-0.25, -0.2) is 12.8 Å². The average molecular weight is 322 g/mol. The quantitative estimate of drug-likeness (QED) is 0.487. The fourth-order valence-electron chi connectivity index (χ4n) is 1.40. The Balaban J connectivity index is 3.27. The van der Waals surface area contributed by atoms with E-state index in [4.69, 9.17) is 5.11 Å². The number of carbonyl (C=O) groups is 1. The van der Waals surface area contributed by atoms with Gasteiger partial charge in [0.1, 0.15) is 16.8 Å². The molecular formula is C10H11FN2O7S. The topological polar surface area (TPSA) is 147 Å². The SMILES string of the molecule is CC(O)C(NS(=O)(=O)c1cc([N+](=O)[O-])ccc1F)C(=O)O. The maximum atomic E-state index is 13.5. The number of carboxylic acid groups (broad SMARTS) is 1. The summed E-state index contributed by atoms with van der Waals surface area (Å²) in [6.07, 6.45) is -1.60. The fraction of sp³-hybridized carbons (Fsp3) is 0.300. The summed E-state index contributed by atoms with van der Waals surface area (Å²) >= 11 is 0. The molecule has 0 bridgehead atoms. The van der Waals surface area contributed by atoms with Crippen LogP contribution < -0.4 is 4.72 Å². The molecule has 21 heavy (non-hydrogen) atoms. The highest BCUT2D eigenvalue weighted by atomic mass is 32.2. The van der Waals surface area contributed by atoms with Crippen molar-refractivity contribution in [2.45, 2.75) is 24.0 Å². The maximum Gasteiger partial charge on any atom is 0.324 e. The summed E-state index contributed by atoms with van der Waals surface area (Å²) in [6.45, 7) is 1.02. The van der Waals surface area contributed by atoms with E-state index in [1.165, 1.54) is 0 Å². The lowest BCUT2D eigenvalue weighted by molar-refractivity contribution is -0.385. The molecule has 0 aliphatic heterocycles. The number of aliphatic carboxylic acids is 1. The number of carboxylic acids is 1. The van der Waals surface area contributed by atoms with Crippen molar-refractivity contribution in [1.29, 1.82) is 0 Å². The maximum absolute atomic E-state index is 13.5. The number of rotatable bonds is 6. The van der Waals surface area contributed by atoms with Gasteiger partial charge >= 0.3 is 5.97 Å². The van der Waals surface area contributed by atoms with E-state index in [0.29, 0.717) is 12.1 Å². The molecular weight excluding hydrogens is 311 g/mol. The molecule has 3 N–H and O–H groups in total. The Kier molecular flexibility index (Phi) is 4.93. The molecule has 0 saturated heterocycles. The molecule has 116 valence electrons. The molecule has 0 aromatic heterocycles. The molecule has 0 saturated carbocycles. The molecule has 0 amide bonds. The summed E-state index contributed by atoms with van der Waals surface area (Å²) in [7, 11) is -4.71. The summed E-state index contributed by atoms with van der Waals surface area (Å²) in [6, 6.07) is -0.130. The number of aliphatic hydroxyl groups excluding tert-OH is 1. The Morgan fingerprint density at radius 1 is 1.48 bits per heavy atom. The number of sulfonamides is 1. The van der Waals surface area contributed by atoms with Crippen molar-refractivity contribution in [3.8, 4) is 0 Å². The number of halogens is 1. The van der Waals surface area contributed by atoms with Crippen molar-refractivity contribution in [2.75, 3.05) is 0 Å². The first-order valence-corrected chi connectivity index (χ1v) is 6.91. The third kappa shape index (κ3) is 3.93. The summed E-state index contributed by atoms with van der Waals surface area (Å²) in [5.74, 6) is -2.97. The van der Waals surface area contributed by atoms with Gasteiger partial charge in [0.15, 0.2) is 0 Å².